The summed E-state index contributed by atoms with van der Waals surface area (Å²) in [5.41, 5.74) is 2.32. The number of nitrogens with zero attached hydrogens (tertiary/aromatic N) is 1. The van der Waals surface area contributed by atoms with Gasteiger partial charge in [0.15, 0.2) is 12.4 Å². The Balaban J connectivity index is 1.56. The molecule has 2 aromatic carbocycles. The highest BCUT2D eigenvalue weighted by atomic mass is 16.5. The molecule has 1 aromatic heterocycles. The van der Waals surface area contributed by atoms with Crippen molar-refractivity contribution in [2.75, 3.05) is 11.9 Å². The molecule has 0 spiro atoms. The number of carbonyl (C=O) groups is 3. The summed E-state index contributed by atoms with van der Waals surface area (Å²) < 4.78 is 6.61. The number of Topliss-reactive ketones (excluding diaryl/α,β-unsaturated/α-hetero) is 1. The van der Waals surface area contributed by atoms with Crippen LogP contribution in [0.15, 0.2) is 59.5 Å². The molecule has 8 heteroatoms. The lowest BCUT2D eigenvalue weighted by Crippen LogP contribution is -2.17. The SMILES string of the molecule is Cc1c[nH]c(=O)n1-c1ccc(C(=O)OCC(=O)c2ccc(NC(=O)CC(C)C)cc2)cc1. The Morgan fingerprint density at radius 2 is 1.62 bits per heavy atom. The summed E-state index contributed by atoms with van der Waals surface area (Å²) >= 11 is 0. The number of imidazole rings is 1. The number of ether oxygens (including phenoxy) is 1. The third-order valence-electron chi connectivity index (χ3n) is 4.74. The highest BCUT2D eigenvalue weighted by Gasteiger charge is 2.13. The van der Waals surface area contributed by atoms with Gasteiger partial charge in [0.25, 0.3) is 0 Å². The molecule has 0 radical (unpaired) electrons. The Kier molecular flexibility index (Phi) is 7.04. The Labute approximate surface area is 185 Å². The lowest BCUT2D eigenvalue weighted by Gasteiger charge is -2.09. The first kappa shape index (κ1) is 22.7. The predicted molar refractivity (Wildman–Crippen MR) is 120 cm³/mol. The maximum Gasteiger partial charge on any atom is 0.338 e. The number of esters is 1. The molecule has 0 atom stereocenters. The van der Waals surface area contributed by atoms with Crippen LogP contribution in [-0.4, -0.2) is 33.8 Å². The summed E-state index contributed by atoms with van der Waals surface area (Å²) in [5, 5.41) is 2.77. The average molecular weight is 435 g/mol. The lowest BCUT2D eigenvalue weighted by molar-refractivity contribution is -0.116. The first-order chi connectivity index (χ1) is 15.2. The second-order valence-electron chi connectivity index (χ2n) is 7.84. The second kappa shape index (κ2) is 9.91. The number of nitrogens with one attached hydrogen (secondary N) is 2. The minimum absolute atomic E-state index is 0.0874. The van der Waals surface area contributed by atoms with E-state index >= 15 is 0 Å². The van der Waals surface area contributed by atoms with Gasteiger partial charge in [-0.2, -0.15) is 0 Å². The number of aromatic amines is 1. The van der Waals surface area contributed by atoms with Crippen LogP contribution in [0.1, 0.15) is 46.7 Å². The van der Waals surface area contributed by atoms with Crippen molar-refractivity contribution in [1.29, 1.82) is 0 Å². The number of hydrogen-bond acceptors (Lipinski definition) is 5. The fourth-order valence-electron chi connectivity index (χ4n) is 3.14. The Morgan fingerprint density at radius 1 is 1.00 bits per heavy atom. The maximum absolute atomic E-state index is 12.3. The molecule has 1 heterocycles. The highest BCUT2D eigenvalue weighted by Crippen LogP contribution is 2.14. The van der Waals surface area contributed by atoms with E-state index in [-0.39, 0.29) is 28.9 Å². The van der Waals surface area contributed by atoms with E-state index in [9.17, 15) is 19.2 Å². The van der Waals surface area contributed by atoms with Crippen LogP contribution in [0, 0.1) is 12.8 Å². The number of benzene rings is 2. The first-order valence-electron chi connectivity index (χ1n) is 10.2. The minimum atomic E-state index is -0.638. The smallest absolute Gasteiger partial charge is 0.338 e. The van der Waals surface area contributed by atoms with Gasteiger partial charge in [-0.25, -0.2) is 9.59 Å². The van der Waals surface area contributed by atoms with Crippen LogP contribution in [0.2, 0.25) is 0 Å². The molecular formula is C24H25N3O5. The van der Waals surface area contributed by atoms with Crippen LogP contribution >= 0.6 is 0 Å². The van der Waals surface area contributed by atoms with Gasteiger partial charge in [-0.1, -0.05) is 13.8 Å². The zero-order chi connectivity index (χ0) is 23.3. The van der Waals surface area contributed by atoms with E-state index in [0.29, 0.717) is 23.4 Å². The summed E-state index contributed by atoms with van der Waals surface area (Å²) in [7, 11) is 0. The standard InChI is InChI=1S/C24H25N3O5/c1-15(2)12-22(29)26-19-8-4-17(5-9-19)21(28)14-32-23(30)18-6-10-20(11-7-18)27-16(3)13-25-24(27)31/h4-11,13,15H,12,14H2,1-3H3,(H,25,31)(H,26,29). The van der Waals surface area contributed by atoms with Crippen molar-refractivity contribution >= 4 is 23.3 Å². The molecule has 8 nitrogen and oxygen atoms in total. The molecule has 0 unspecified atom stereocenters. The second-order valence-corrected chi connectivity index (χ2v) is 7.84. The molecule has 2 N–H and O–H groups in total. The van der Waals surface area contributed by atoms with Gasteiger partial charge in [0.05, 0.1) is 11.3 Å². The van der Waals surface area contributed by atoms with Crippen molar-refractivity contribution in [3.05, 3.63) is 82.0 Å². The largest absolute Gasteiger partial charge is 0.454 e. The van der Waals surface area contributed by atoms with Crippen molar-refractivity contribution in [1.82, 2.24) is 9.55 Å². The van der Waals surface area contributed by atoms with Gasteiger partial charge in [0.1, 0.15) is 0 Å². The molecule has 32 heavy (non-hydrogen) atoms. The van der Waals surface area contributed by atoms with Gasteiger partial charge in [0.2, 0.25) is 5.91 Å². The van der Waals surface area contributed by atoms with Crippen molar-refractivity contribution in [3.63, 3.8) is 0 Å². The van der Waals surface area contributed by atoms with Crippen LogP contribution in [-0.2, 0) is 9.53 Å². The van der Waals surface area contributed by atoms with E-state index in [4.69, 9.17) is 4.74 Å². The first-order valence-corrected chi connectivity index (χ1v) is 10.2. The Bertz CT molecular complexity index is 1170. The Morgan fingerprint density at radius 3 is 2.19 bits per heavy atom. The van der Waals surface area contributed by atoms with E-state index in [2.05, 4.69) is 10.3 Å². The Hall–Kier alpha value is -3.94. The van der Waals surface area contributed by atoms with Gasteiger partial charge in [-0.15, -0.1) is 0 Å². The van der Waals surface area contributed by atoms with Crippen LogP contribution in [0.3, 0.4) is 0 Å². The molecule has 0 bridgehead atoms. The monoisotopic (exact) mass is 435 g/mol. The fourth-order valence-corrected chi connectivity index (χ4v) is 3.14. The quantitative estimate of drug-likeness (QED) is 0.416. The van der Waals surface area contributed by atoms with Gasteiger partial charge in [-0.3, -0.25) is 14.2 Å². The van der Waals surface area contributed by atoms with Gasteiger partial charge >= 0.3 is 11.7 Å². The summed E-state index contributed by atoms with van der Waals surface area (Å²) in [5.74, 6) is -0.830. The third-order valence-corrected chi connectivity index (χ3v) is 4.74. The maximum atomic E-state index is 12.3. The van der Waals surface area contributed by atoms with Crippen molar-refractivity contribution < 1.29 is 19.1 Å². The fraction of sp³-hybridized carbons (Fsp3) is 0.250. The molecular weight excluding hydrogens is 410 g/mol. The number of hydrogen-bond donors (Lipinski definition) is 2. The number of anilines is 1. The highest BCUT2D eigenvalue weighted by molar-refractivity contribution is 6.00. The number of aryl methyl sites for hydroxylation is 1. The summed E-state index contributed by atoms with van der Waals surface area (Å²) in [6, 6.07) is 12.8. The number of rotatable bonds is 8. The van der Waals surface area contributed by atoms with Crippen molar-refractivity contribution in [3.8, 4) is 5.69 Å². The molecule has 0 saturated carbocycles. The normalized spacial score (nSPS) is 10.8. The summed E-state index contributed by atoms with van der Waals surface area (Å²) in [6.07, 6.45) is 2.02. The summed E-state index contributed by atoms with van der Waals surface area (Å²) in [6.45, 7) is 5.30. The zero-order valence-corrected chi connectivity index (χ0v) is 18.2. The molecule has 3 rings (SSSR count). The lowest BCUT2D eigenvalue weighted by atomic mass is 10.1. The van der Waals surface area contributed by atoms with Gasteiger partial charge < -0.3 is 15.0 Å². The number of H-pyrrole nitrogens is 1. The number of ketones is 1. The van der Waals surface area contributed by atoms with E-state index in [1.807, 2.05) is 13.8 Å². The van der Waals surface area contributed by atoms with E-state index in [1.54, 1.807) is 49.5 Å². The number of aromatic nitrogens is 2. The number of carbonyl (C=O) groups excluding carboxylic acids is 3. The third kappa shape index (κ3) is 5.60. The molecule has 0 aliphatic rings. The van der Waals surface area contributed by atoms with Crippen LogP contribution in [0.25, 0.3) is 5.69 Å². The molecule has 0 aliphatic heterocycles. The predicted octanol–water partition coefficient (Wildman–Crippen LogP) is 3.50. The topological polar surface area (TPSA) is 110 Å². The summed E-state index contributed by atoms with van der Waals surface area (Å²) in [4.78, 5) is 50.9. The molecule has 3 aromatic rings. The molecule has 0 saturated heterocycles. The van der Waals surface area contributed by atoms with Gasteiger partial charge in [0, 0.05) is 29.6 Å². The average Bonchev–Trinajstić information content (AvgIpc) is 3.09. The van der Waals surface area contributed by atoms with E-state index in [1.165, 1.54) is 16.7 Å². The van der Waals surface area contributed by atoms with Crippen LogP contribution in [0.5, 0.6) is 0 Å². The van der Waals surface area contributed by atoms with E-state index < -0.39 is 12.6 Å². The molecule has 0 fully saturated rings. The number of amides is 1. The van der Waals surface area contributed by atoms with Crippen LogP contribution in [0.4, 0.5) is 5.69 Å². The minimum Gasteiger partial charge on any atom is -0.454 e. The molecule has 166 valence electrons. The molecule has 1 amide bonds. The van der Waals surface area contributed by atoms with Gasteiger partial charge in [-0.05, 0) is 61.4 Å². The van der Waals surface area contributed by atoms with Crippen molar-refractivity contribution in [2.24, 2.45) is 5.92 Å². The van der Waals surface area contributed by atoms with Crippen molar-refractivity contribution in [2.45, 2.75) is 27.2 Å². The van der Waals surface area contributed by atoms with E-state index in [0.717, 1.165) is 5.69 Å². The van der Waals surface area contributed by atoms with Crippen LogP contribution < -0.4 is 11.0 Å². The molecule has 0 aliphatic carbocycles. The zero-order valence-electron chi connectivity index (χ0n) is 18.2.